The summed E-state index contributed by atoms with van der Waals surface area (Å²) in [7, 11) is 0. The van der Waals surface area contributed by atoms with Gasteiger partial charge in [-0.25, -0.2) is 0 Å². The third kappa shape index (κ3) is 4.90. The Kier molecular flexibility index (Phi) is 6.83. The first-order chi connectivity index (χ1) is 23.5. The van der Waals surface area contributed by atoms with Crippen LogP contribution in [0.3, 0.4) is 0 Å². The van der Waals surface area contributed by atoms with Crippen LogP contribution in [-0.4, -0.2) is 42.6 Å². The van der Waals surface area contributed by atoms with Gasteiger partial charge in [-0.15, -0.1) is 23.5 Å². The van der Waals surface area contributed by atoms with Crippen molar-refractivity contribution in [1.82, 2.24) is 9.97 Å². The number of thioether (sulfide) groups is 2. The first-order valence-corrected chi connectivity index (χ1v) is 19.0. The second-order valence-electron chi connectivity index (χ2n) is 15.3. The first-order valence-electron chi connectivity index (χ1n) is 17.0. The summed E-state index contributed by atoms with van der Waals surface area (Å²) in [6, 6.07) is 31.3. The van der Waals surface area contributed by atoms with Crippen LogP contribution >= 0.6 is 23.5 Å². The highest BCUT2D eigenvalue weighted by Crippen LogP contribution is 2.55. The zero-order chi connectivity index (χ0) is 33.7. The first kappa shape index (κ1) is 30.8. The van der Waals surface area contributed by atoms with Crippen molar-refractivity contribution in [3.63, 3.8) is 0 Å². The fourth-order valence-corrected chi connectivity index (χ4v) is 10.1. The van der Waals surface area contributed by atoms with Crippen molar-refractivity contribution in [2.75, 3.05) is 11.5 Å². The SMILES string of the molecule is CC1(C)CSC(c2ccc(-c3c4ccccc4c(-c4ccc(C5=NC(C)(C)CS5)nc4)c4c5c(ccc34)C(C)(C)c3ccccc3-5)cn2)=N1. The van der Waals surface area contributed by atoms with E-state index in [4.69, 9.17) is 20.0 Å². The van der Waals surface area contributed by atoms with Crippen molar-refractivity contribution in [3.05, 3.63) is 120 Å². The molecule has 2 aromatic heterocycles. The molecule has 0 radical (unpaired) electrons. The van der Waals surface area contributed by atoms with Crippen molar-refractivity contribution < 1.29 is 0 Å². The predicted molar refractivity (Wildman–Crippen MR) is 212 cm³/mol. The lowest BCUT2D eigenvalue weighted by Crippen LogP contribution is -2.15. The maximum absolute atomic E-state index is 5.05. The van der Waals surface area contributed by atoms with E-state index in [9.17, 15) is 0 Å². The minimum absolute atomic E-state index is 0.0555. The molecule has 0 atom stereocenters. The number of nitrogens with zero attached hydrogens (tertiary/aromatic N) is 4. The molecular weight excluding hydrogens is 637 g/mol. The molecule has 3 aliphatic rings. The summed E-state index contributed by atoms with van der Waals surface area (Å²) < 4.78 is 0. The van der Waals surface area contributed by atoms with Gasteiger partial charge in [0.15, 0.2) is 0 Å². The average Bonchev–Trinajstić information content (AvgIpc) is 3.73. The molecule has 0 amide bonds. The maximum Gasteiger partial charge on any atom is 0.117 e. The monoisotopic (exact) mass is 674 g/mol. The Morgan fingerprint density at radius 3 is 1.61 bits per heavy atom. The van der Waals surface area contributed by atoms with Crippen LogP contribution < -0.4 is 0 Å². The van der Waals surface area contributed by atoms with E-state index in [2.05, 4.69) is 133 Å². The average molecular weight is 675 g/mol. The van der Waals surface area contributed by atoms with Gasteiger partial charge in [0.1, 0.15) is 10.1 Å². The van der Waals surface area contributed by atoms with Gasteiger partial charge < -0.3 is 0 Å². The molecule has 0 fully saturated rings. The molecule has 49 heavy (non-hydrogen) atoms. The lowest BCUT2D eigenvalue weighted by atomic mass is 9.80. The van der Waals surface area contributed by atoms with Crippen LogP contribution in [0.15, 0.2) is 107 Å². The fraction of sp³-hybridized carbons (Fsp3) is 0.256. The molecule has 4 nitrogen and oxygen atoms in total. The number of fused-ring (bicyclic) bond motifs is 6. The zero-order valence-electron chi connectivity index (χ0n) is 28.8. The van der Waals surface area contributed by atoms with Gasteiger partial charge in [0.05, 0.1) is 22.5 Å². The number of pyridine rings is 2. The third-order valence-corrected chi connectivity index (χ3v) is 13.1. The second kappa shape index (κ2) is 10.9. The molecule has 242 valence electrons. The van der Waals surface area contributed by atoms with Crippen molar-refractivity contribution in [2.45, 2.75) is 58.0 Å². The Labute approximate surface area is 296 Å². The van der Waals surface area contributed by atoms with E-state index in [0.717, 1.165) is 44.1 Å². The maximum atomic E-state index is 5.05. The normalized spacial score (nSPS) is 18.4. The summed E-state index contributed by atoms with van der Waals surface area (Å²) in [5.41, 5.74) is 11.7. The molecule has 0 saturated heterocycles. The van der Waals surface area contributed by atoms with Crippen LogP contribution in [0.25, 0.3) is 54.9 Å². The Hall–Kier alpha value is -4.26. The van der Waals surface area contributed by atoms with E-state index in [1.165, 1.54) is 54.9 Å². The van der Waals surface area contributed by atoms with Crippen LogP contribution in [0, 0.1) is 0 Å². The summed E-state index contributed by atoms with van der Waals surface area (Å²) in [4.78, 5) is 20.0. The van der Waals surface area contributed by atoms with Crippen molar-refractivity contribution in [2.24, 2.45) is 9.98 Å². The van der Waals surface area contributed by atoms with Gasteiger partial charge in [0.2, 0.25) is 0 Å². The van der Waals surface area contributed by atoms with Crippen LogP contribution in [-0.2, 0) is 5.41 Å². The number of hydrogen-bond acceptors (Lipinski definition) is 6. The molecule has 2 aliphatic heterocycles. The van der Waals surface area contributed by atoms with Gasteiger partial charge in [-0.2, -0.15) is 0 Å². The highest BCUT2D eigenvalue weighted by molar-refractivity contribution is 8.15. The number of aromatic nitrogens is 2. The summed E-state index contributed by atoms with van der Waals surface area (Å²) >= 11 is 3.60. The Bertz CT molecular complexity index is 2400. The highest BCUT2D eigenvalue weighted by atomic mass is 32.2. The predicted octanol–water partition coefficient (Wildman–Crippen LogP) is 11.0. The Balaban J connectivity index is 1.33. The van der Waals surface area contributed by atoms with E-state index in [0.29, 0.717) is 0 Å². The van der Waals surface area contributed by atoms with Crippen LogP contribution in [0.1, 0.15) is 64.1 Å². The molecule has 0 bridgehead atoms. The Morgan fingerprint density at radius 1 is 0.510 bits per heavy atom. The smallest absolute Gasteiger partial charge is 0.117 e. The topological polar surface area (TPSA) is 50.5 Å². The lowest BCUT2D eigenvalue weighted by Gasteiger charge is -2.23. The van der Waals surface area contributed by atoms with Crippen molar-refractivity contribution in [3.8, 4) is 33.4 Å². The largest absolute Gasteiger partial charge is 0.269 e. The van der Waals surface area contributed by atoms with Gasteiger partial charge >= 0.3 is 0 Å². The number of benzene rings is 4. The molecule has 0 N–H and O–H groups in total. The quantitative estimate of drug-likeness (QED) is 0.175. The van der Waals surface area contributed by atoms with E-state index in [1.807, 2.05) is 6.20 Å². The molecule has 6 aromatic rings. The molecule has 0 unspecified atom stereocenters. The minimum Gasteiger partial charge on any atom is -0.269 e. The zero-order valence-corrected chi connectivity index (χ0v) is 30.4. The summed E-state index contributed by atoms with van der Waals surface area (Å²) in [5.74, 6) is 1.96. The van der Waals surface area contributed by atoms with E-state index < -0.39 is 0 Å². The van der Waals surface area contributed by atoms with Gasteiger partial charge in [-0.1, -0.05) is 86.6 Å². The van der Waals surface area contributed by atoms with Crippen molar-refractivity contribution >= 4 is 55.2 Å². The Morgan fingerprint density at radius 2 is 1.06 bits per heavy atom. The van der Waals surface area contributed by atoms with E-state index >= 15 is 0 Å². The molecule has 9 rings (SSSR count). The number of aliphatic imine (C=N–C) groups is 2. The van der Waals surface area contributed by atoms with Crippen LogP contribution in [0.4, 0.5) is 0 Å². The molecule has 1 aliphatic carbocycles. The van der Waals surface area contributed by atoms with Crippen molar-refractivity contribution in [1.29, 1.82) is 0 Å². The molecule has 0 saturated carbocycles. The number of hydrogen-bond donors (Lipinski definition) is 0. The minimum atomic E-state index is -0.118. The van der Waals surface area contributed by atoms with Gasteiger partial charge in [0.25, 0.3) is 0 Å². The molecule has 0 spiro atoms. The van der Waals surface area contributed by atoms with Crippen LogP contribution in [0.5, 0.6) is 0 Å². The summed E-state index contributed by atoms with van der Waals surface area (Å²) in [6.45, 7) is 13.5. The fourth-order valence-electron chi connectivity index (χ4n) is 7.84. The standard InChI is InChI=1S/C43H38N4S2/c1-41(2)23-48-39(46-41)33-19-15-25(21-44-33)35-27-11-7-8-12-28(27)36(26-16-20-34(45-22-26)40-47-42(3,4)24-49-40)38-30(35)17-18-32-37(38)29-13-9-10-14-31(29)43(32,5)6/h7-22H,23-24H2,1-6H3. The lowest BCUT2D eigenvalue weighted by molar-refractivity contribution is 0.604. The van der Waals surface area contributed by atoms with Gasteiger partial charge in [-0.3, -0.25) is 20.0 Å². The molecule has 4 heterocycles. The third-order valence-electron chi connectivity index (χ3n) is 10.2. The summed E-state index contributed by atoms with van der Waals surface area (Å²) in [5, 5.41) is 6.98. The highest BCUT2D eigenvalue weighted by Gasteiger charge is 2.37. The second-order valence-corrected chi connectivity index (χ2v) is 17.2. The number of rotatable bonds is 4. The van der Waals surface area contributed by atoms with E-state index in [-0.39, 0.29) is 16.5 Å². The molecule has 6 heteroatoms. The molecule has 4 aromatic carbocycles. The molecular formula is C43H38N4S2. The summed E-state index contributed by atoms with van der Waals surface area (Å²) in [6.07, 6.45) is 4.11. The van der Waals surface area contributed by atoms with Crippen LogP contribution in [0.2, 0.25) is 0 Å². The van der Waals surface area contributed by atoms with Gasteiger partial charge in [-0.05, 0) is 94.8 Å². The van der Waals surface area contributed by atoms with E-state index in [1.54, 1.807) is 23.5 Å². The van der Waals surface area contributed by atoms with Gasteiger partial charge in [0, 0.05) is 40.4 Å².